The van der Waals surface area contributed by atoms with Crippen LogP contribution in [0.2, 0.25) is 0 Å². The van der Waals surface area contributed by atoms with Gasteiger partial charge in [0.25, 0.3) is 5.91 Å². The van der Waals surface area contributed by atoms with E-state index in [-0.39, 0.29) is 17.5 Å². The maximum Gasteiger partial charge on any atom is 0.335 e. The van der Waals surface area contributed by atoms with E-state index in [1.807, 2.05) is 36.4 Å². The van der Waals surface area contributed by atoms with Crippen LogP contribution >= 0.6 is 0 Å². The van der Waals surface area contributed by atoms with E-state index in [0.29, 0.717) is 5.56 Å². The molecule has 0 aromatic heterocycles. The van der Waals surface area contributed by atoms with Crippen molar-refractivity contribution in [1.82, 2.24) is 5.32 Å². The topological polar surface area (TPSA) is 75.6 Å². The molecule has 0 saturated heterocycles. The Labute approximate surface area is 156 Å². The van der Waals surface area contributed by atoms with Crippen molar-refractivity contribution in [1.29, 1.82) is 0 Å². The Morgan fingerprint density at radius 2 is 1.74 bits per heavy atom. The van der Waals surface area contributed by atoms with Gasteiger partial charge in [-0.15, -0.1) is 0 Å². The van der Waals surface area contributed by atoms with E-state index in [1.54, 1.807) is 25.3 Å². The third-order valence-corrected chi connectivity index (χ3v) is 5.09. The summed E-state index contributed by atoms with van der Waals surface area (Å²) in [4.78, 5) is 24.0. The maximum atomic E-state index is 12.7. The number of aryl methyl sites for hydroxylation is 1. The molecule has 0 heterocycles. The minimum Gasteiger partial charge on any atom is -0.497 e. The van der Waals surface area contributed by atoms with Gasteiger partial charge in [-0.1, -0.05) is 18.2 Å². The van der Waals surface area contributed by atoms with Gasteiger partial charge in [-0.2, -0.15) is 0 Å². The first-order valence-corrected chi connectivity index (χ1v) is 8.80. The van der Waals surface area contributed by atoms with Crippen molar-refractivity contribution in [2.75, 3.05) is 7.11 Å². The lowest BCUT2D eigenvalue weighted by Crippen LogP contribution is -2.27. The number of carboxylic acid groups (broad SMARTS) is 1. The van der Waals surface area contributed by atoms with Crippen molar-refractivity contribution in [2.24, 2.45) is 0 Å². The van der Waals surface area contributed by atoms with Crippen molar-refractivity contribution < 1.29 is 19.4 Å². The number of amides is 1. The van der Waals surface area contributed by atoms with Crippen molar-refractivity contribution in [2.45, 2.75) is 18.9 Å². The average molecular weight is 361 g/mol. The highest BCUT2D eigenvalue weighted by Crippen LogP contribution is 2.32. The largest absolute Gasteiger partial charge is 0.497 e. The molecule has 0 aliphatic heterocycles. The first-order chi connectivity index (χ1) is 13.0. The number of benzene rings is 3. The van der Waals surface area contributed by atoms with Crippen LogP contribution in [0, 0.1) is 0 Å². The number of hydrogen-bond donors (Lipinski definition) is 2. The second kappa shape index (κ2) is 6.76. The summed E-state index contributed by atoms with van der Waals surface area (Å²) in [6, 6.07) is 16.2. The Bertz CT molecular complexity index is 1060. The highest BCUT2D eigenvalue weighted by atomic mass is 16.5. The molecular weight excluding hydrogens is 342 g/mol. The predicted molar refractivity (Wildman–Crippen MR) is 102 cm³/mol. The van der Waals surface area contributed by atoms with Crippen LogP contribution in [0.3, 0.4) is 0 Å². The summed E-state index contributed by atoms with van der Waals surface area (Å²) in [5.41, 5.74) is 2.81. The molecular formula is C22H19NO4. The molecule has 3 aromatic rings. The van der Waals surface area contributed by atoms with Crippen molar-refractivity contribution in [3.8, 4) is 5.75 Å². The summed E-state index contributed by atoms with van der Waals surface area (Å²) in [7, 11) is 1.62. The van der Waals surface area contributed by atoms with Gasteiger partial charge in [0.05, 0.1) is 18.7 Å². The number of ether oxygens (including phenoxy) is 1. The van der Waals surface area contributed by atoms with E-state index in [4.69, 9.17) is 4.74 Å². The van der Waals surface area contributed by atoms with Gasteiger partial charge < -0.3 is 15.2 Å². The molecule has 3 aromatic carbocycles. The fraction of sp³-hybridized carbons (Fsp3) is 0.182. The monoisotopic (exact) mass is 361 g/mol. The Kier molecular flexibility index (Phi) is 4.28. The molecule has 5 nitrogen and oxygen atoms in total. The van der Waals surface area contributed by atoms with Crippen LogP contribution < -0.4 is 10.1 Å². The summed E-state index contributed by atoms with van der Waals surface area (Å²) in [5, 5.41) is 14.2. The number of carboxylic acids is 1. The number of carbonyl (C=O) groups excluding carboxylic acids is 1. The van der Waals surface area contributed by atoms with Gasteiger partial charge in [0.1, 0.15) is 5.75 Å². The summed E-state index contributed by atoms with van der Waals surface area (Å²) in [6.07, 6.45) is 1.60. The average Bonchev–Trinajstić information content (AvgIpc) is 3.09. The second-order valence-corrected chi connectivity index (χ2v) is 6.71. The third kappa shape index (κ3) is 3.24. The van der Waals surface area contributed by atoms with Crippen LogP contribution in [0.5, 0.6) is 5.75 Å². The van der Waals surface area contributed by atoms with E-state index in [1.165, 1.54) is 0 Å². The zero-order valence-electron chi connectivity index (χ0n) is 14.9. The van der Waals surface area contributed by atoms with Crippen molar-refractivity contribution >= 4 is 22.6 Å². The molecule has 4 rings (SSSR count). The Morgan fingerprint density at radius 1 is 1.00 bits per heavy atom. The lowest BCUT2D eigenvalue weighted by molar-refractivity contribution is 0.0696. The van der Waals surface area contributed by atoms with Gasteiger partial charge in [0, 0.05) is 5.56 Å². The van der Waals surface area contributed by atoms with E-state index < -0.39 is 5.97 Å². The van der Waals surface area contributed by atoms with E-state index >= 15 is 0 Å². The van der Waals surface area contributed by atoms with Gasteiger partial charge in [0.15, 0.2) is 0 Å². The van der Waals surface area contributed by atoms with Gasteiger partial charge in [-0.05, 0) is 71.1 Å². The normalized spacial score (nSPS) is 15.4. The van der Waals surface area contributed by atoms with Gasteiger partial charge in [-0.3, -0.25) is 4.79 Å². The number of methoxy groups -OCH3 is 1. The molecule has 1 aliphatic carbocycles. The molecule has 1 atom stereocenters. The Morgan fingerprint density at radius 3 is 2.52 bits per heavy atom. The van der Waals surface area contributed by atoms with Crippen molar-refractivity contribution in [3.05, 3.63) is 76.9 Å². The van der Waals surface area contributed by atoms with Crippen LogP contribution in [0.15, 0.2) is 54.6 Å². The van der Waals surface area contributed by atoms with Crippen LogP contribution in [0.1, 0.15) is 44.3 Å². The summed E-state index contributed by atoms with van der Waals surface area (Å²) in [6.45, 7) is 0. The molecule has 0 unspecified atom stereocenters. The van der Waals surface area contributed by atoms with Gasteiger partial charge >= 0.3 is 5.97 Å². The SMILES string of the molecule is COc1ccc2cc(C(=O)N[C@@H]3CCc4ccc(C(=O)O)cc43)ccc2c1. The number of nitrogens with one attached hydrogen (secondary N) is 1. The molecule has 1 amide bonds. The number of hydrogen-bond acceptors (Lipinski definition) is 3. The van der Waals surface area contributed by atoms with Crippen LogP contribution in [0.4, 0.5) is 0 Å². The summed E-state index contributed by atoms with van der Waals surface area (Å²) in [5.74, 6) is -0.345. The van der Waals surface area contributed by atoms with E-state index in [0.717, 1.165) is 40.5 Å². The summed E-state index contributed by atoms with van der Waals surface area (Å²) >= 11 is 0. The second-order valence-electron chi connectivity index (χ2n) is 6.71. The van der Waals surface area contributed by atoms with Gasteiger partial charge in [-0.25, -0.2) is 4.79 Å². The molecule has 27 heavy (non-hydrogen) atoms. The fourth-order valence-corrected chi connectivity index (χ4v) is 3.62. The molecule has 0 bridgehead atoms. The molecule has 0 radical (unpaired) electrons. The number of carbonyl (C=O) groups is 2. The third-order valence-electron chi connectivity index (χ3n) is 5.09. The van der Waals surface area contributed by atoms with E-state index in [9.17, 15) is 14.7 Å². The van der Waals surface area contributed by atoms with Gasteiger partial charge in [0.2, 0.25) is 0 Å². The van der Waals surface area contributed by atoms with Crippen LogP contribution in [0.25, 0.3) is 10.8 Å². The minimum atomic E-state index is -0.959. The Balaban J connectivity index is 1.58. The maximum absolute atomic E-state index is 12.7. The smallest absolute Gasteiger partial charge is 0.335 e. The minimum absolute atomic E-state index is 0.161. The quantitative estimate of drug-likeness (QED) is 0.737. The molecule has 0 saturated carbocycles. The highest BCUT2D eigenvalue weighted by Gasteiger charge is 2.25. The lowest BCUT2D eigenvalue weighted by atomic mass is 10.0. The number of aromatic carboxylic acids is 1. The zero-order valence-corrected chi connectivity index (χ0v) is 14.9. The first kappa shape index (κ1) is 17.1. The highest BCUT2D eigenvalue weighted by molar-refractivity contribution is 5.99. The molecule has 5 heteroatoms. The standard InChI is InChI=1S/C22H19NO4/c1-27-18-8-6-14-10-16(4-3-15(14)11-18)21(24)23-20-9-7-13-2-5-17(22(25)26)12-19(13)20/h2-6,8,10-12,20H,7,9H2,1H3,(H,23,24)(H,25,26)/t20-/m1/s1. The first-order valence-electron chi connectivity index (χ1n) is 8.80. The van der Waals surface area contributed by atoms with E-state index in [2.05, 4.69) is 5.32 Å². The zero-order chi connectivity index (χ0) is 19.0. The number of rotatable bonds is 4. The molecule has 1 aliphatic rings. The molecule has 0 spiro atoms. The molecule has 0 fully saturated rings. The lowest BCUT2D eigenvalue weighted by Gasteiger charge is -2.15. The van der Waals surface area contributed by atoms with Crippen molar-refractivity contribution in [3.63, 3.8) is 0 Å². The summed E-state index contributed by atoms with van der Waals surface area (Å²) < 4.78 is 5.23. The Hall–Kier alpha value is -3.34. The fourth-order valence-electron chi connectivity index (χ4n) is 3.62. The number of fused-ring (bicyclic) bond motifs is 2. The predicted octanol–water partition coefficient (Wildman–Crippen LogP) is 3.96. The van der Waals surface area contributed by atoms with Crippen LogP contribution in [-0.4, -0.2) is 24.1 Å². The van der Waals surface area contributed by atoms with Crippen LogP contribution in [-0.2, 0) is 6.42 Å². The molecule has 136 valence electrons. The molecule has 2 N–H and O–H groups in total.